The van der Waals surface area contributed by atoms with E-state index in [9.17, 15) is 9.90 Å². The molecule has 18 heavy (non-hydrogen) atoms. The Morgan fingerprint density at radius 2 is 1.89 bits per heavy atom. The highest BCUT2D eigenvalue weighted by Gasteiger charge is 2.11. The maximum absolute atomic E-state index is 11.9. The van der Waals surface area contributed by atoms with Gasteiger partial charge < -0.3 is 10.4 Å². The van der Waals surface area contributed by atoms with Crippen LogP contribution >= 0.6 is 15.9 Å². The zero-order chi connectivity index (χ0) is 13.1. The number of hydrogen-bond acceptors (Lipinski definition) is 2. The highest BCUT2D eigenvalue weighted by atomic mass is 79.9. The van der Waals surface area contributed by atoms with E-state index in [4.69, 9.17) is 0 Å². The first-order valence-corrected chi connectivity index (χ1v) is 6.20. The van der Waals surface area contributed by atoms with Crippen LogP contribution in [0, 0.1) is 0 Å². The normalized spacial score (nSPS) is 10.3. The van der Waals surface area contributed by atoms with Crippen LogP contribution in [0.4, 0.5) is 0 Å². The van der Waals surface area contributed by atoms with E-state index in [1.54, 1.807) is 12.1 Å². The Morgan fingerprint density at radius 3 is 2.50 bits per heavy atom. The predicted molar refractivity (Wildman–Crippen MR) is 76.0 cm³/mol. The Bertz CT molecular complexity index is 622. The van der Waals surface area contributed by atoms with E-state index in [0.717, 1.165) is 10.8 Å². The summed E-state index contributed by atoms with van der Waals surface area (Å²) in [6.45, 7) is 3.96. The topological polar surface area (TPSA) is 49.3 Å². The molecule has 0 fully saturated rings. The maximum Gasteiger partial charge on any atom is 0.255 e. The molecule has 0 radical (unpaired) electrons. The fraction of sp³-hybridized carbons (Fsp3) is 0.0714. The third-order valence-corrected chi connectivity index (χ3v) is 2.83. The minimum Gasteiger partial charge on any atom is -0.507 e. The number of hydrogen-bond donors (Lipinski definition) is 2. The van der Waals surface area contributed by atoms with Crippen molar-refractivity contribution in [2.75, 3.05) is 6.54 Å². The number of phenolic OH excluding ortho intramolecular Hbond substituents is 1. The number of nitrogens with one attached hydrogen (secondary N) is 1. The highest BCUT2D eigenvalue weighted by Crippen LogP contribution is 2.24. The van der Waals surface area contributed by atoms with E-state index in [1.165, 1.54) is 0 Å². The summed E-state index contributed by atoms with van der Waals surface area (Å²) < 4.78 is 0.677. The maximum atomic E-state index is 11.9. The molecule has 0 saturated heterocycles. The molecule has 2 rings (SSSR count). The lowest BCUT2D eigenvalue weighted by molar-refractivity contribution is 0.0955. The van der Waals surface area contributed by atoms with Crippen molar-refractivity contribution in [2.45, 2.75) is 0 Å². The van der Waals surface area contributed by atoms with Gasteiger partial charge in [0.1, 0.15) is 5.75 Å². The first kappa shape index (κ1) is 12.6. The minimum atomic E-state index is -0.321. The minimum absolute atomic E-state index is 0.0219. The van der Waals surface area contributed by atoms with Gasteiger partial charge in [0.05, 0.1) is 5.56 Å². The molecule has 0 aliphatic rings. The van der Waals surface area contributed by atoms with Crippen molar-refractivity contribution in [1.29, 1.82) is 0 Å². The van der Waals surface area contributed by atoms with Gasteiger partial charge >= 0.3 is 0 Å². The lowest BCUT2D eigenvalue weighted by Gasteiger charge is -2.07. The number of carbonyl (C=O) groups is 1. The molecule has 0 unspecified atom stereocenters. The van der Waals surface area contributed by atoms with Gasteiger partial charge in [-0.05, 0) is 22.9 Å². The molecule has 0 aliphatic carbocycles. The molecule has 2 aromatic carbocycles. The number of carbonyl (C=O) groups excluding carboxylic acids is 1. The molecule has 0 heterocycles. The molecule has 0 aromatic heterocycles. The van der Waals surface area contributed by atoms with E-state index in [2.05, 4.69) is 27.8 Å². The largest absolute Gasteiger partial charge is 0.507 e. The molecule has 0 atom stereocenters. The monoisotopic (exact) mass is 305 g/mol. The lowest BCUT2D eigenvalue weighted by atomic mass is 10.1. The first-order valence-electron chi connectivity index (χ1n) is 5.41. The second-order valence-corrected chi connectivity index (χ2v) is 5.04. The Labute approximate surface area is 113 Å². The van der Waals surface area contributed by atoms with Crippen molar-refractivity contribution >= 4 is 32.6 Å². The molecule has 2 aromatic rings. The standard InChI is InChI=1S/C14H12BrNO2/c1-9(15)8-16-14(18)12-6-10-4-2-3-5-11(10)7-13(12)17/h2-7,17H,1,8H2,(H,16,18). The smallest absolute Gasteiger partial charge is 0.255 e. The molecule has 3 nitrogen and oxygen atoms in total. The Kier molecular flexibility index (Phi) is 3.67. The predicted octanol–water partition coefficient (Wildman–Crippen LogP) is 3.18. The second-order valence-electron chi connectivity index (χ2n) is 3.92. The fourth-order valence-corrected chi connectivity index (χ4v) is 1.82. The summed E-state index contributed by atoms with van der Waals surface area (Å²) in [5, 5.41) is 14.3. The molecule has 92 valence electrons. The average Bonchev–Trinajstić information content (AvgIpc) is 2.35. The van der Waals surface area contributed by atoms with Crippen LogP contribution in [0.5, 0.6) is 5.75 Å². The molecule has 0 saturated carbocycles. The summed E-state index contributed by atoms with van der Waals surface area (Å²) >= 11 is 3.16. The fourth-order valence-electron chi connectivity index (χ4n) is 1.68. The summed E-state index contributed by atoms with van der Waals surface area (Å²) in [5.74, 6) is -0.342. The molecule has 4 heteroatoms. The Balaban J connectivity index is 2.35. The summed E-state index contributed by atoms with van der Waals surface area (Å²) in [7, 11) is 0. The third kappa shape index (κ3) is 2.71. The van der Waals surface area contributed by atoms with Gasteiger partial charge in [-0.3, -0.25) is 4.79 Å². The molecular weight excluding hydrogens is 294 g/mol. The van der Waals surface area contributed by atoms with Gasteiger partial charge in [-0.2, -0.15) is 0 Å². The van der Waals surface area contributed by atoms with Crippen molar-refractivity contribution < 1.29 is 9.90 Å². The van der Waals surface area contributed by atoms with Crippen LogP contribution in [0.2, 0.25) is 0 Å². The van der Waals surface area contributed by atoms with Crippen LogP contribution in [0.15, 0.2) is 47.5 Å². The van der Waals surface area contributed by atoms with E-state index >= 15 is 0 Å². The summed E-state index contributed by atoms with van der Waals surface area (Å²) in [4.78, 5) is 11.9. The van der Waals surface area contributed by atoms with Gasteiger partial charge in [0, 0.05) is 11.0 Å². The number of aromatic hydroxyl groups is 1. The Morgan fingerprint density at radius 1 is 1.28 bits per heavy atom. The van der Waals surface area contributed by atoms with Crippen LogP contribution in [0.1, 0.15) is 10.4 Å². The van der Waals surface area contributed by atoms with Crippen molar-refractivity contribution in [2.24, 2.45) is 0 Å². The van der Waals surface area contributed by atoms with Crippen molar-refractivity contribution in [1.82, 2.24) is 5.32 Å². The number of halogens is 1. The lowest BCUT2D eigenvalue weighted by Crippen LogP contribution is -2.24. The molecule has 2 N–H and O–H groups in total. The Hall–Kier alpha value is -1.81. The summed E-state index contributed by atoms with van der Waals surface area (Å²) in [6, 6.07) is 10.8. The molecule has 1 amide bonds. The molecule has 0 bridgehead atoms. The van der Waals surface area contributed by atoms with Crippen LogP contribution in [0.3, 0.4) is 0 Å². The van der Waals surface area contributed by atoms with Gasteiger partial charge in [-0.1, -0.05) is 46.8 Å². The second kappa shape index (κ2) is 5.23. The van der Waals surface area contributed by atoms with Crippen LogP contribution < -0.4 is 5.32 Å². The summed E-state index contributed by atoms with van der Waals surface area (Å²) in [6.07, 6.45) is 0. The van der Waals surface area contributed by atoms with Gasteiger partial charge in [0.2, 0.25) is 0 Å². The number of benzene rings is 2. The number of amides is 1. The van der Waals surface area contributed by atoms with E-state index in [-0.39, 0.29) is 17.2 Å². The van der Waals surface area contributed by atoms with Crippen LogP contribution in [0.25, 0.3) is 10.8 Å². The van der Waals surface area contributed by atoms with E-state index in [0.29, 0.717) is 11.0 Å². The third-order valence-electron chi connectivity index (χ3n) is 2.55. The van der Waals surface area contributed by atoms with Gasteiger partial charge in [0.15, 0.2) is 0 Å². The number of rotatable bonds is 3. The quantitative estimate of drug-likeness (QED) is 0.915. The zero-order valence-corrected chi connectivity index (χ0v) is 11.2. The number of phenols is 1. The molecule has 0 aliphatic heterocycles. The number of fused-ring (bicyclic) bond motifs is 1. The van der Waals surface area contributed by atoms with Crippen LogP contribution in [-0.4, -0.2) is 17.6 Å². The summed E-state index contributed by atoms with van der Waals surface area (Å²) in [5.41, 5.74) is 0.266. The van der Waals surface area contributed by atoms with E-state index in [1.807, 2.05) is 24.3 Å². The van der Waals surface area contributed by atoms with Crippen molar-refractivity contribution in [3.8, 4) is 5.75 Å². The van der Waals surface area contributed by atoms with E-state index < -0.39 is 0 Å². The SMILES string of the molecule is C=C(Br)CNC(=O)c1cc2ccccc2cc1O. The van der Waals surface area contributed by atoms with Gasteiger partial charge in [-0.15, -0.1) is 0 Å². The first-order chi connectivity index (χ1) is 8.58. The highest BCUT2D eigenvalue weighted by molar-refractivity contribution is 9.11. The zero-order valence-electron chi connectivity index (χ0n) is 9.61. The van der Waals surface area contributed by atoms with Gasteiger partial charge in [0.25, 0.3) is 5.91 Å². The van der Waals surface area contributed by atoms with Crippen molar-refractivity contribution in [3.63, 3.8) is 0 Å². The molecule has 0 spiro atoms. The van der Waals surface area contributed by atoms with Crippen LogP contribution in [-0.2, 0) is 0 Å². The average molecular weight is 306 g/mol. The molecular formula is C14H12BrNO2. The van der Waals surface area contributed by atoms with Crippen molar-refractivity contribution in [3.05, 3.63) is 53.0 Å². The van der Waals surface area contributed by atoms with Gasteiger partial charge in [-0.25, -0.2) is 0 Å².